The summed E-state index contributed by atoms with van der Waals surface area (Å²) in [6, 6.07) is 12.3. The van der Waals surface area contributed by atoms with Gasteiger partial charge in [0.05, 0.1) is 6.04 Å². The van der Waals surface area contributed by atoms with Gasteiger partial charge >= 0.3 is 0 Å². The summed E-state index contributed by atoms with van der Waals surface area (Å²) in [6.45, 7) is 0.762. The fraction of sp³-hybridized carbons (Fsp3) is 0.458. The number of carbonyl (C=O) groups is 2. The molecule has 1 fully saturated rings. The van der Waals surface area contributed by atoms with Crippen molar-refractivity contribution in [2.45, 2.75) is 57.4 Å². The summed E-state index contributed by atoms with van der Waals surface area (Å²) >= 11 is 0. The van der Waals surface area contributed by atoms with Crippen LogP contribution in [0.25, 0.3) is 0 Å². The number of amides is 1. The standard InChI is InChI=1S/C24H28N2O2/c27-22(20-10-6-15-25-17-20)12-13-23(28)26-16-14-18-7-4-5-11-21(18)24(26)19-8-2-1-3-9-19/h4-7,10-11,15,17,19,24H,1-3,8-9,12-14,16H2. The minimum atomic E-state index is -0.00641. The van der Waals surface area contributed by atoms with Crippen LogP contribution in [0.5, 0.6) is 0 Å². The molecule has 1 aromatic heterocycles. The fourth-order valence-corrected chi connectivity index (χ4v) is 4.87. The van der Waals surface area contributed by atoms with E-state index in [2.05, 4.69) is 34.1 Å². The van der Waals surface area contributed by atoms with E-state index in [0.717, 1.165) is 13.0 Å². The van der Waals surface area contributed by atoms with Crippen molar-refractivity contribution in [2.24, 2.45) is 5.92 Å². The molecule has 2 aromatic rings. The number of nitrogens with zero attached hydrogens (tertiary/aromatic N) is 2. The van der Waals surface area contributed by atoms with E-state index in [1.807, 2.05) is 0 Å². The van der Waals surface area contributed by atoms with Crippen molar-refractivity contribution in [1.82, 2.24) is 9.88 Å². The number of hydrogen-bond acceptors (Lipinski definition) is 3. The molecule has 4 nitrogen and oxygen atoms in total. The second kappa shape index (κ2) is 8.68. The topological polar surface area (TPSA) is 50.3 Å². The predicted octanol–water partition coefficient (Wildman–Crippen LogP) is 4.75. The number of aromatic nitrogens is 1. The molecule has 0 radical (unpaired) electrons. The lowest BCUT2D eigenvalue weighted by Crippen LogP contribution is -2.43. The highest BCUT2D eigenvalue weighted by Gasteiger charge is 2.36. The van der Waals surface area contributed by atoms with E-state index in [0.29, 0.717) is 11.5 Å². The second-order valence-electron chi connectivity index (χ2n) is 8.04. The first-order valence-electron chi connectivity index (χ1n) is 10.5. The Kier molecular flexibility index (Phi) is 5.84. The molecule has 1 aromatic carbocycles. The summed E-state index contributed by atoms with van der Waals surface area (Å²) in [4.78, 5) is 31.6. The molecule has 28 heavy (non-hydrogen) atoms. The third-order valence-corrected chi connectivity index (χ3v) is 6.30. The average molecular weight is 377 g/mol. The summed E-state index contributed by atoms with van der Waals surface area (Å²) in [5.74, 6) is 0.642. The van der Waals surface area contributed by atoms with Crippen LogP contribution in [0.1, 0.15) is 72.5 Å². The van der Waals surface area contributed by atoms with Crippen LogP contribution in [0.2, 0.25) is 0 Å². The van der Waals surface area contributed by atoms with Crippen LogP contribution in [0.4, 0.5) is 0 Å². The molecule has 4 rings (SSSR count). The number of carbonyl (C=O) groups excluding carboxylic acids is 2. The van der Waals surface area contributed by atoms with Crippen molar-refractivity contribution >= 4 is 11.7 Å². The highest BCUT2D eigenvalue weighted by atomic mass is 16.2. The molecule has 1 unspecified atom stereocenters. The van der Waals surface area contributed by atoms with Gasteiger partial charge in [0.25, 0.3) is 0 Å². The Morgan fingerprint density at radius 2 is 1.82 bits per heavy atom. The van der Waals surface area contributed by atoms with E-state index < -0.39 is 0 Å². The van der Waals surface area contributed by atoms with Crippen LogP contribution < -0.4 is 0 Å². The summed E-state index contributed by atoms with van der Waals surface area (Å²) in [5, 5.41) is 0. The first-order chi connectivity index (χ1) is 13.7. The molecule has 1 saturated carbocycles. The maximum Gasteiger partial charge on any atom is 0.223 e. The number of rotatable bonds is 5. The number of Topliss-reactive ketones (excluding diaryl/α,β-unsaturated/α-hetero) is 1. The van der Waals surface area contributed by atoms with Gasteiger partial charge < -0.3 is 4.90 Å². The number of pyridine rings is 1. The fourth-order valence-electron chi connectivity index (χ4n) is 4.87. The largest absolute Gasteiger partial charge is 0.335 e. The van der Waals surface area contributed by atoms with Crippen LogP contribution in [0.3, 0.4) is 0 Å². The van der Waals surface area contributed by atoms with E-state index in [4.69, 9.17) is 0 Å². The van der Waals surface area contributed by atoms with Crippen molar-refractivity contribution in [3.63, 3.8) is 0 Å². The van der Waals surface area contributed by atoms with Gasteiger partial charge in [0.2, 0.25) is 5.91 Å². The smallest absolute Gasteiger partial charge is 0.223 e. The van der Waals surface area contributed by atoms with Gasteiger partial charge in [-0.25, -0.2) is 0 Å². The van der Waals surface area contributed by atoms with Gasteiger partial charge in [-0.2, -0.15) is 0 Å². The lowest BCUT2D eigenvalue weighted by atomic mass is 9.77. The molecule has 1 aliphatic heterocycles. The van der Waals surface area contributed by atoms with Gasteiger partial charge in [-0.1, -0.05) is 43.5 Å². The van der Waals surface area contributed by atoms with E-state index in [-0.39, 0.29) is 30.6 Å². The average Bonchev–Trinajstić information content (AvgIpc) is 2.77. The first-order valence-corrected chi connectivity index (χ1v) is 10.5. The minimum absolute atomic E-state index is 0.00641. The van der Waals surface area contributed by atoms with Gasteiger partial charge in [0, 0.05) is 37.3 Å². The molecule has 1 atom stereocenters. The van der Waals surface area contributed by atoms with E-state index in [1.54, 1.807) is 24.5 Å². The first kappa shape index (κ1) is 18.9. The van der Waals surface area contributed by atoms with Crippen molar-refractivity contribution in [3.05, 3.63) is 65.5 Å². The number of ketones is 1. The Morgan fingerprint density at radius 1 is 1.00 bits per heavy atom. The third kappa shape index (κ3) is 4.01. The number of benzene rings is 1. The van der Waals surface area contributed by atoms with Crippen LogP contribution in [-0.2, 0) is 11.2 Å². The normalized spacial score (nSPS) is 19.9. The van der Waals surface area contributed by atoms with Crippen molar-refractivity contribution in [1.29, 1.82) is 0 Å². The highest BCUT2D eigenvalue weighted by Crippen LogP contribution is 2.42. The van der Waals surface area contributed by atoms with Crippen molar-refractivity contribution in [2.75, 3.05) is 6.54 Å². The molecule has 0 bridgehead atoms. The molecular formula is C24H28N2O2. The molecule has 0 spiro atoms. The van der Waals surface area contributed by atoms with Crippen LogP contribution >= 0.6 is 0 Å². The number of hydrogen-bond donors (Lipinski definition) is 0. The Bertz CT molecular complexity index is 828. The Morgan fingerprint density at radius 3 is 2.61 bits per heavy atom. The van der Waals surface area contributed by atoms with Gasteiger partial charge in [0.1, 0.15) is 0 Å². The summed E-state index contributed by atoms with van der Waals surface area (Å²) in [5.41, 5.74) is 3.30. The molecule has 146 valence electrons. The molecule has 0 saturated heterocycles. The third-order valence-electron chi connectivity index (χ3n) is 6.30. The minimum Gasteiger partial charge on any atom is -0.335 e. The van der Waals surface area contributed by atoms with Crippen LogP contribution in [0, 0.1) is 5.92 Å². The van der Waals surface area contributed by atoms with Gasteiger partial charge in [-0.15, -0.1) is 0 Å². The van der Waals surface area contributed by atoms with Crippen LogP contribution in [0.15, 0.2) is 48.8 Å². The lowest BCUT2D eigenvalue weighted by Gasteiger charge is -2.43. The zero-order valence-corrected chi connectivity index (χ0v) is 16.3. The summed E-state index contributed by atoms with van der Waals surface area (Å²) in [6.07, 6.45) is 10.9. The Hall–Kier alpha value is -2.49. The predicted molar refractivity (Wildman–Crippen MR) is 109 cm³/mol. The highest BCUT2D eigenvalue weighted by molar-refractivity contribution is 5.97. The summed E-state index contributed by atoms with van der Waals surface area (Å²) < 4.78 is 0. The van der Waals surface area contributed by atoms with Crippen molar-refractivity contribution < 1.29 is 9.59 Å². The quantitative estimate of drug-likeness (QED) is 0.708. The molecule has 1 amide bonds. The number of fused-ring (bicyclic) bond motifs is 1. The second-order valence-corrected chi connectivity index (χ2v) is 8.04. The molecule has 4 heteroatoms. The van der Waals surface area contributed by atoms with E-state index in [1.165, 1.54) is 43.2 Å². The van der Waals surface area contributed by atoms with E-state index in [9.17, 15) is 9.59 Å². The maximum atomic E-state index is 13.2. The van der Waals surface area contributed by atoms with Gasteiger partial charge in [-0.3, -0.25) is 14.6 Å². The molecular weight excluding hydrogens is 348 g/mol. The molecule has 2 heterocycles. The van der Waals surface area contributed by atoms with Crippen LogP contribution in [-0.4, -0.2) is 28.1 Å². The molecule has 1 aliphatic carbocycles. The lowest BCUT2D eigenvalue weighted by molar-refractivity contribution is -0.135. The monoisotopic (exact) mass is 376 g/mol. The SMILES string of the molecule is O=C(CCC(=O)N1CCc2ccccc2C1C1CCCCC1)c1cccnc1. The summed E-state index contributed by atoms with van der Waals surface area (Å²) in [7, 11) is 0. The Balaban J connectivity index is 1.50. The van der Waals surface area contributed by atoms with Gasteiger partial charge in [0.15, 0.2) is 5.78 Å². The Labute approximate surface area is 167 Å². The van der Waals surface area contributed by atoms with Gasteiger partial charge in [-0.05, 0) is 48.4 Å². The van der Waals surface area contributed by atoms with Crippen molar-refractivity contribution in [3.8, 4) is 0 Å². The zero-order valence-electron chi connectivity index (χ0n) is 16.3. The zero-order chi connectivity index (χ0) is 19.3. The van der Waals surface area contributed by atoms with E-state index >= 15 is 0 Å². The maximum absolute atomic E-state index is 13.2. The molecule has 0 N–H and O–H groups in total. The molecule has 2 aliphatic rings.